The van der Waals surface area contributed by atoms with Gasteiger partial charge < -0.3 is 9.45 Å². The lowest BCUT2D eigenvalue weighted by atomic mass is 9.94. The van der Waals surface area contributed by atoms with Crippen LogP contribution in [0.5, 0.6) is 0 Å². The lowest BCUT2D eigenvalue weighted by Gasteiger charge is -2.41. The minimum atomic E-state index is -3.62. The van der Waals surface area contributed by atoms with E-state index in [1.165, 1.54) is 0 Å². The monoisotopic (exact) mass is 478 g/mol. The Hall–Kier alpha value is -2.81. The van der Waals surface area contributed by atoms with Crippen molar-refractivity contribution in [2.45, 2.75) is 50.6 Å². The topological polar surface area (TPSA) is 81.5 Å². The highest BCUT2D eigenvalue weighted by Gasteiger charge is 2.48. The Labute approximate surface area is 201 Å². The zero-order valence-corrected chi connectivity index (χ0v) is 20.6. The number of sulfonamides is 1. The fourth-order valence-corrected chi connectivity index (χ4v) is 6.94. The number of hydrogen-bond donors (Lipinski definition) is 0. The van der Waals surface area contributed by atoms with E-state index in [1.807, 2.05) is 48.2 Å². The smallest absolute Gasteiger partial charge is 0.273 e. The standard InChI is InChI=1S/C26H30N4O3S/c1-18(2)24-23-19(3)27-30(20-11-6-4-7-12-20)25(23)26(31)29(24)21-13-10-16-28(17-21)34(32,33)22-14-8-5-9-15-22/h4-9,11-12,14-15,18,21,24H,10,13,16-17H2,1-3H3. The van der Waals surface area contributed by atoms with Gasteiger partial charge in [0.2, 0.25) is 0 Å². The van der Waals surface area contributed by atoms with Crippen LogP contribution in [0.15, 0.2) is 65.6 Å². The SMILES string of the molecule is Cc1nn(-c2ccccc2)c2c1C(C(C)C)N(C1CCCN([S+](=O)([O-])c3ccccc3)C1)C2=O. The first-order valence-electron chi connectivity index (χ1n) is 11.8. The van der Waals surface area contributed by atoms with E-state index in [0.29, 0.717) is 30.1 Å². The number of nitrogens with zero attached hydrogens (tertiary/aromatic N) is 4. The number of hydrogen-bond acceptors (Lipinski definition) is 4. The first-order chi connectivity index (χ1) is 16.3. The van der Waals surface area contributed by atoms with Gasteiger partial charge in [0, 0.05) is 18.2 Å². The second-order valence-corrected chi connectivity index (χ2v) is 11.4. The van der Waals surface area contributed by atoms with Crippen molar-refractivity contribution in [1.29, 1.82) is 0 Å². The summed E-state index contributed by atoms with van der Waals surface area (Å²) >= 11 is 0. The Morgan fingerprint density at radius 1 is 1.06 bits per heavy atom. The number of piperidine rings is 1. The summed E-state index contributed by atoms with van der Waals surface area (Å²) < 4.78 is 29.9. The van der Waals surface area contributed by atoms with E-state index in [9.17, 15) is 13.6 Å². The van der Waals surface area contributed by atoms with Crippen LogP contribution in [0.25, 0.3) is 5.69 Å². The molecule has 2 aliphatic rings. The van der Waals surface area contributed by atoms with Gasteiger partial charge in [0.15, 0.2) is 15.3 Å². The quantitative estimate of drug-likeness (QED) is 0.509. The molecule has 3 unspecified atom stereocenters. The number of carbonyl (C=O) groups is 1. The van der Waals surface area contributed by atoms with Crippen LogP contribution in [0.4, 0.5) is 0 Å². The molecule has 178 valence electrons. The van der Waals surface area contributed by atoms with Crippen molar-refractivity contribution in [1.82, 2.24) is 19.0 Å². The van der Waals surface area contributed by atoms with Gasteiger partial charge in [-0.15, -0.1) is 4.31 Å². The van der Waals surface area contributed by atoms with E-state index in [-0.39, 0.29) is 23.9 Å². The van der Waals surface area contributed by atoms with Crippen LogP contribution in [0.1, 0.15) is 54.5 Å². The fraction of sp³-hybridized carbons (Fsp3) is 0.385. The van der Waals surface area contributed by atoms with Crippen LogP contribution in [0.2, 0.25) is 0 Å². The van der Waals surface area contributed by atoms with E-state index >= 15 is 0 Å². The third-order valence-electron chi connectivity index (χ3n) is 6.91. The van der Waals surface area contributed by atoms with Crippen molar-refractivity contribution >= 4 is 16.3 Å². The number of rotatable bonds is 5. The average Bonchev–Trinajstić information content (AvgIpc) is 3.35. The van der Waals surface area contributed by atoms with Gasteiger partial charge in [-0.1, -0.05) is 54.5 Å². The molecule has 34 heavy (non-hydrogen) atoms. The zero-order chi connectivity index (χ0) is 24.0. The van der Waals surface area contributed by atoms with Gasteiger partial charge in [0.05, 0.1) is 24.0 Å². The number of benzene rings is 2. The van der Waals surface area contributed by atoms with E-state index in [1.54, 1.807) is 33.3 Å². The molecule has 0 saturated carbocycles. The van der Waals surface area contributed by atoms with Gasteiger partial charge in [0.25, 0.3) is 5.91 Å². The van der Waals surface area contributed by atoms with Gasteiger partial charge in [-0.3, -0.25) is 4.79 Å². The normalized spacial score (nSPS) is 22.7. The summed E-state index contributed by atoms with van der Waals surface area (Å²) in [4.78, 5) is 16.2. The number of aryl methyl sites for hydroxylation is 1. The molecule has 1 amide bonds. The maximum absolute atomic E-state index is 13.9. The molecule has 3 heterocycles. The zero-order valence-electron chi connectivity index (χ0n) is 19.8. The van der Waals surface area contributed by atoms with Crippen LogP contribution in [0, 0.1) is 12.8 Å². The van der Waals surface area contributed by atoms with Gasteiger partial charge >= 0.3 is 0 Å². The molecule has 1 aromatic heterocycles. The molecular weight excluding hydrogens is 448 g/mol. The van der Waals surface area contributed by atoms with Crippen molar-refractivity contribution in [2.24, 2.45) is 5.92 Å². The highest BCUT2D eigenvalue weighted by Crippen LogP contribution is 2.44. The number of fused-ring (bicyclic) bond motifs is 1. The van der Waals surface area contributed by atoms with Crippen molar-refractivity contribution in [3.05, 3.63) is 77.6 Å². The Morgan fingerprint density at radius 2 is 1.71 bits per heavy atom. The summed E-state index contributed by atoms with van der Waals surface area (Å²) in [5, 5.41) is 4.72. The number of carbonyl (C=O) groups excluding carboxylic acids is 1. The lowest BCUT2D eigenvalue weighted by molar-refractivity contribution is 0.0457. The van der Waals surface area contributed by atoms with Crippen molar-refractivity contribution in [3.63, 3.8) is 0 Å². The highest BCUT2D eigenvalue weighted by atomic mass is 32.3. The minimum absolute atomic E-state index is 0.0675. The van der Waals surface area contributed by atoms with Crippen LogP contribution >= 0.6 is 0 Å². The molecule has 1 fully saturated rings. The molecule has 0 N–H and O–H groups in total. The van der Waals surface area contributed by atoms with Crippen LogP contribution in [-0.2, 0) is 14.6 Å². The molecule has 1 saturated heterocycles. The predicted molar refractivity (Wildman–Crippen MR) is 130 cm³/mol. The molecule has 5 rings (SSSR count). The minimum Gasteiger partial charge on any atom is -0.593 e. The molecule has 0 bridgehead atoms. The third-order valence-corrected chi connectivity index (χ3v) is 8.78. The van der Waals surface area contributed by atoms with Crippen molar-refractivity contribution in [3.8, 4) is 5.69 Å². The average molecular weight is 479 g/mol. The first-order valence-corrected chi connectivity index (χ1v) is 13.3. The van der Waals surface area contributed by atoms with Gasteiger partial charge in [-0.05, 0) is 49.9 Å². The molecule has 2 aliphatic heterocycles. The molecule has 3 aromatic rings. The van der Waals surface area contributed by atoms with E-state index in [4.69, 9.17) is 5.10 Å². The van der Waals surface area contributed by atoms with Crippen LogP contribution in [-0.4, -0.2) is 48.6 Å². The number of para-hydroxylation sites is 1. The molecule has 2 aromatic carbocycles. The first kappa shape index (κ1) is 23.0. The molecule has 7 nitrogen and oxygen atoms in total. The third kappa shape index (κ3) is 3.70. The number of amides is 1. The summed E-state index contributed by atoms with van der Waals surface area (Å²) in [6.07, 6.45) is 1.49. The Kier molecular flexibility index (Phi) is 5.91. The van der Waals surface area contributed by atoms with Gasteiger partial charge in [-0.25, -0.2) is 4.68 Å². The van der Waals surface area contributed by atoms with E-state index in [0.717, 1.165) is 23.4 Å². The van der Waals surface area contributed by atoms with Crippen LogP contribution in [0.3, 0.4) is 0 Å². The predicted octanol–water partition coefficient (Wildman–Crippen LogP) is 4.40. The summed E-state index contributed by atoms with van der Waals surface area (Å²) in [7, 11) is -3.62. The maximum atomic E-state index is 13.9. The molecule has 0 radical (unpaired) electrons. The second-order valence-electron chi connectivity index (χ2n) is 9.47. The molecular formula is C26H30N4O3S. The largest absolute Gasteiger partial charge is 0.593 e. The van der Waals surface area contributed by atoms with Crippen LogP contribution < -0.4 is 0 Å². The van der Waals surface area contributed by atoms with Crippen molar-refractivity contribution in [2.75, 3.05) is 13.1 Å². The summed E-state index contributed by atoms with van der Waals surface area (Å²) in [5.41, 5.74) is 3.26. The highest BCUT2D eigenvalue weighted by molar-refractivity contribution is 7.95. The summed E-state index contributed by atoms with van der Waals surface area (Å²) in [6.45, 7) is 6.94. The Balaban J connectivity index is 1.51. The maximum Gasteiger partial charge on any atom is 0.273 e. The molecule has 0 aliphatic carbocycles. The lowest BCUT2D eigenvalue weighted by Crippen LogP contribution is -2.53. The Bertz CT molecular complexity index is 1240. The number of aromatic nitrogens is 2. The van der Waals surface area contributed by atoms with Crippen molar-refractivity contribution < 1.29 is 13.6 Å². The fourth-order valence-electron chi connectivity index (χ4n) is 5.40. The molecule has 0 spiro atoms. The summed E-state index contributed by atoms with van der Waals surface area (Å²) in [6, 6.07) is 17.9. The second kappa shape index (κ2) is 8.76. The van der Waals surface area contributed by atoms with E-state index < -0.39 is 10.4 Å². The van der Waals surface area contributed by atoms with E-state index in [2.05, 4.69) is 13.8 Å². The summed E-state index contributed by atoms with van der Waals surface area (Å²) in [5.74, 6) is 0.0977. The Morgan fingerprint density at radius 3 is 2.35 bits per heavy atom. The molecule has 8 heteroatoms. The van der Waals surface area contributed by atoms with Gasteiger partial charge in [0.1, 0.15) is 5.69 Å². The van der Waals surface area contributed by atoms with Gasteiger partial charge in [-0.2, -0.15) is 5.10 Å². The molecule has 3 atom stereocenters.